The van der Waals surface area contributed by atoms with Gasteiger partial charge in [-0.3, -0.25) is 4.79 Å². The van der Waals surface area contributed by atoms with Gasteiger partial charge in [-0.1, -0.05) is 6.07 Å². The Morgan fingerprint density at radius 3 is 2.79 bits per heavy atom. The molecule has 7 heteroatoms. The van der Waals surface area contributed by atoms with Crippen LogP contribution in [0.5, 0.6) is 0 Å². The molecule has 2 N–H and O–H groups in total. The topological polar surface area (TPSA) is 78.5 Å². The van der Waals surface area contributed by atoms with E-state index in [2.05, 4.69) is 15.5 Å². The summed E-state index contributed by atoms with van der Waals surface area (Å²) in [5.74, 6) is 1.04. The van der Waals surface area contributed by atoms with E-state index in [9.17, 15) is 13.2 Å². The van der Waals surface area contributed by atoms with Gasteiger partial charge in [0.25, 0.3) is 0 Å². The van der Waals surface area contributed by atoms with Crippen LogP contribution in [0.25, 0.3) is 0 Å². The highest BCUT2D eigenvalue weighted by Crippen LogP contribution is 2.22. The molecule has 2 aliphatic heterocycles. The van der Waals surface area contributed by atoms with Crippen molar-refractivity contribution in [2.75, 3.05) is 47.9 Å². The lowest BCUT2D eigenvalue weighted by Gasteiger charge is -2.29. The first-order valence-electron chi connectivity index (χ1n) is 8.58. The van der Waals surface area contributed by atoms with Crippen LogP contribution in [0.3, 0.4) is 0 Å². The molecule has 2 aliphatic rings. The highest BCUT2D eigenvalue weighted by molar-refractivity contribution is 7.91. The van der Waals surface area contributed by atoms with Gasteiger partial charge in [-0.05, 0) is 50.0 Å². The second kappa shape index (κ2) is 7.53. The number of hydrogen-bond donors (Lipinski definition) is 2. The average molecular weight is 351 g/mol. The van der Waals surface area contributed by atoms with Crippen LogP contribution in [0.1, 0.15) is 19.3 Å². The molecule has 0 bridgehead atoms. The Labute approximate surface area is 143 Å². The Morgan fingerprint density at radius 2 is 2.08 bits per heavy atom. The summed E-state index contributed by atoms with van der Waals surface area (Å²) >= 11 is 0. The van der Waals surface area contributed by atoms with Gasteiger partial charge in [0.1, 0.15) is 0 Å². The Hall–Kier alpha value is -1.60. The monoisotopic (exact) mass is 351 g/mol. The Balaban J connectivity index is 1.54. The summed E-state index contributed by atoms with van der Waals surface area (Å²) in [6.07, 6.45) is 2.61. The van der Waals surface area contributed by atoms with Crippen molar-refractivity contribution in [3.05, 3.63) is 24.3 Å². The van der Waals surface area contributed by atoms with Crippen molar-refractivity contribution in [3.8, 4) is 0 Å². The van der Waals surface area contributed by atoms with Crippen molar-refractivity contribution in [1.82, 2.24) is 5.32 Å². The molecule has 1 aromatic rings. The Morgan fingerprint density at radius 1 is 1.29 bits per heavy atom. The number of sulfone groups is 1. The van der Waals surface area contributed by atoms with Gasteiger partial charge in [-0.15, -0.1) is 0 Å². The SMILES string of the molecule is O=C(CCC1CCNC1)Nc1cccc(N2CCS(=O)(=O)CC2)c1. The molecule has 24 heavy (non-hydrogen) atoms. The van der Waals surface area contributed by atoms with Gasteiger partial charge in [0.2, 0.25) is 5.91 Å². The first kappa shape index (κ1) is 17.2. The molecule has 1 unspecified atom stereocenters. The number of rotatable bonds is 5. The molecule has 132 valence electrons. The number of hydrogen-bond acceptors (Lipinski definition) is 5. The minimum absolute atomic E-state index is 0.0419. The summed E-state index contributed by atoms with van der Waals surface area (Å²) in [5, 5.41) is 6.27. The number of nitrogens with one attached hydrogen (secondary N) is 2. The van der Waals surface area contributed by atoms with Crippen molar-refractivity contribution < 1.29 is 13.2 Å². The molecule has 1 atom stereocenters. The molecule has 0 spiro atoms. The van der Waals surface area contributed by atoms with E-state index in [-0.39, 0.29) is 17.4 Å². The largest absolute Gasteiger partial charge is 0.369 e. The van der Waals surface area contributed by atoms with Gasteiger partial charge in [0.15, 0.2) is 9.84 Å². The summed E-state index contributed by atoms with van der Waals surface area (Å²) in [6, 6.07) is 7.65. The van der Waals surface area contributed by atoms with Crippen molar-refractivity contribution >= 4 is 27.1 Å². The van der Waals surface area contributed by atoms with Crippen molar-refractivity contribution in [2.24, 2.45) is 5.92 Å². The fourth-order valence-electron chi connectivity index (χ4n) is 3.27. The number of benzene rings is 1. The number of anilines is 2. The molecule has 1 aromatic carbocycles. The van der Waals surface area contributed by atoms with Crippen LogP contribution in [0.15, 0.2) is 24.3 Å². The fraction of sp³-hybridized carbons (Fsp3) is 0.588. The normalized spacial score (nSPS) is 23.2. The Kier molecular flexibility index (Phi) is 5.40. The average Bonchev–Trinajstić information content (AvgIpc) is 3.07. The zero-order chi connectivity index (χ0) is 17.0. The second-order valence-electron chi connectivity index (χ2n) is 6.63. The smallest absolute Gasteiger partial charge is 0.224 e. The zero-order valence-electron chi connectivity index (χ0n) is 13.8. The summed E-state index contributed by atoms with van der Waals surface area (Å²) in [6.45, 7) is 3.09. The van der Waals surface area contributed by atoms with Crippen LogP contribution >= 0.6 is 0 Å². The maximum absolute atomic E-state index is 12.1. The number of nitrogens with zero attached hydrogens (tertiary/aromatic N) is 1. The van der Waals surface area contributed by atoms with Gasteiger partial charge in [-0.2, -0.15) is 0 Å². The first-order chi connectivity index (χ1) is 11.5. The van der Waals surface area contributed by atoms with Crippen LogP contribution in [-0.2, 0) is 14.6 Å². The van der Waals surface area contributed by atoms with Crippen molar-refractivity contribution in [2.45, 2.75) is 19.3 Å². The van der Waals surface area contributed by atoms with E-state index >= 15 is 0 Å². The second-order valence-corrected chi connectivity index (χ2v) is 8.94. The first-order valence-corrected chi connectivity index (χ1v) is 10.4. The number of amides is 1. The van der Waals surface area contributed by atoms with E-state index < -0.39 is 9.84 Å². The van der Waals surface area contributed by atoms with Crippen LogP contribution in [0, 0.1) is 5.92 Å². The third kappa shape index (κ3) is 4.70. The minimum Gasteiger partial charge on any atom is -0.369 e. The van der Waals surface area contributed by atoms with E-state index in [4.69, 9.17) is 0 Å². The summed E-state index contributed by atoms with van der Waals surface area (Å²) < 4.78 is 23.1. The molecule has 6 nitrogen and oxygen atoms in total. The number of carbonyl (C=O) groups excluding carboxylic acids is 1. The van der Waals surface area contributed by atoms with Gasteiger partial charge < -0.3 is 15.5 Å². The highest BCUT2D eigenvalue weighted by atomic mass is 32.2. The van der Waals surface area contributed by atoms with Gasteiger partial charge >= 0.3 is 0 Å². The lowest BCUT2D eigenvalue weighted by atomic mass is 10.0. The third-order valence-electron chi connectivity index (χ3n) is 4.78. The quantitative estimate of drug-likeness (QED) is 0.835. The molecule has 0 aliphatic carbocycles. The van der Waals surface area contributed by atoms with E-state index in [1.165, 1.54) is 0 Å². The molecule has 0 saturated carbocycles. The lowest BCUT2D eigenvalue weighted by molar-refractivity contribution is -0.116. The van der Waals surface area contributed by atoms with Crippen LogP contribution in [0.2, 0.25) is 0 Å². The van der Waals surface area contributed by atoms with E-state index in [0.717, 1.165) is 37.3 Å². The Bertz CT molecular complexity index is 670. The third-order valence-corrected chi connectivity index (χ3v) is 6.39. The van der Waals surface area contributed by atoms with Crippen LogP contribution < -0.4 is 15.5 Å². The predicted octanol–water partition coefficient (Wildman–Crippen LogP) is 1.25. The van der Waals surface area contributed by atoms with Crippen LogP contribution in [0.4, 0.5) is 11.4 Å². The maximum Gasteiger partial charge on any atom is 0.224 e. The zero-order valence-corrected chi connectivity index (χ0v) is 14.6. The predicted molar refractivity (Wildman–Crippen MR) is 96.1 cm³/mol. The fourth-order valence-corrected chi connectivity index (χ4v) is 4.47. The lowest BCUT2D eigenvalue weighted by Crippen LogP contribution is -2.40. The molecule has 0 radical (unpaired) electrons. The van der Waals surface area contributed by atoms with Crippen LogP contribution in [-0.4, -0.2) is 52.0 Å². The summed E-state index contributed by atoms with van der Waals surface area (Å²) in [4.78, 5) is 14.2. The summed E-state index contributed by atoms with van der Waals surface area (Å²) in [5.41, 5.74) is 1.73. The summed E-state index contributed by atoms with van der Waals surface area (Å²) in [7, 11) is -2.88. The van der Waals surface area contributed by atoms with E-state index in [0.29, 0.717) is 25.4 Å². The molecular weight excluding hydrogens is 326 g/mol. The molecule has 3 rings (SSSR count). The minimum atomic E-state index is -2.88. The molecular formula is C17H25N3O3S. The van der Waals surface area contributed by atoms with E-state index in [1.54, 1.807) is 0 Å². The molecule has 2 saturated heterocycles. The number of carbonyl (C=O) groups is 1. The highest BCUT2D eigenvalue weighted by Gasteiger charge is 2.22. The van der Waals surface area contributed by atoms with Gasteiger partial charge in [0.05, 0.1) is 11.5 Å². The van der Waals surface area contributed by atoms with Gasteiger partial charge in [0, 0.05) is 30.9 Å². The van der Waals surface area contributed by atoms with E-state index in [1.807, 2.05) is 24.3 Å². The molecule has 2 fully saturated rings. The van der Waals surface area contributed by atoms with Crippen molar-refractivity contribution in [1.29, 1.82) is 0 Å². The maximum atomic E-state index is 12.1. The standard InChI is InChI=1S/C17H25N3O3S/c21-17(5-4-14-6-7-18-13-14)19-15-2-1-3-16(12-15)20-8-10-24(22,23)11-9-20/h1-3,12,14,18H,4-11,13H2,(H,19,21). The molecule has 2 heterocycles. The molecule has 1 amide bonds. The van der Waals surface area contributed by atoms with Crippen molar-refractivity contribution in [3.63, 3.8) is 0 Å². The van der Waals surface area contributed by atoms with Gasteiger partial charge in [-0.25, -0.2) is 8.42 Å². The molecule has 0 aromatic heterocycles.